The second-order valence-corrected chi connectivity index (χ2v) is 2.26. The Labute approximate surface area is 108 Å². The van der Waals surface area contributed by atoms with Crippen LogP contribution in [0.1, 0.15) is 34.1 Å². The van der Waals surface area contributed by atoms with Crippen molar-refractivity contribution in [2.24, 2.45) is 0 Å². The van der Waals surface area contributed by atoms with Crippen molar-refractivity contribution in [2.75, 3.05) is 19.8 Å². The number of ketones is 1. The first-order chi connectivity index (χ1) is 6.99. The summed E-state index contributed by atoms with van der Waals surface area (Å²) in [6.45, 7) is 6.54. The van der Waals surface area contributed by atoms with Gasteiger partial charge in [0.2, 0.25) is 0 Å². The molecular formula is C10H20AlO5. The Morgan fingerprint density at radius 2 is 1.38 bits per heavy atom. The van der Waals surface area contributed by atoms with Gasteiger partial charge in [-0.05, 0) is 13.8 Å². The van der Waals surface area contributed by atoms with Crippen LogP contribution in [0, 0.1) is 0 Å². The smallest absolute Gasteiger partial charge is 0.855 e. The van der Waals surface area contributed by atoms with E-state index in [-0.39, 0.29) is 42.8 Å². The molecule has 0 rings (SSSR count). The Morgan fingerprint density at radius 1 is 1.06 bits per heavy atom. The summed E-state index contributed by atoms with van der Waals surface area (Å²) in [5, 5.41) is 17.9. The average Bonchev–Trinajstić information content (AvgIpc) is 2.05. The van der Waals surface area contributed by atoms with E-state index in [9.17, 15) is 9.59 Å². The summed E-state index contributed by atoms with van der Waals surface area (Å²) in [6, 6.07) is 0. The van der Waals surface area contributed by atoms with Gasteiger partial charge < -0.3 is 14.9 Å². The summed E-state index contributed by atoms with van der Waals surface area (Å²) in [7, 11) is 0. The van der Waals surface area contributed by atoms with Crippen molar-refractivity contribution in [3.63, 3.8) is 0 Å². The number of esters is 1. The molecule has 0 bridgehead atoms. The van der Waals surface area contributed by atoms with Gasteiger partial charge in [-0.15, -0.1) is 13.2 Å². The quantitative estimate of drug-likeness (QED) is 0.358. The second-order valence-electron chi connectivity index (χ2n) is 2.26. The molecule has 0 spiro atoms. The second kappa shape index (κ2) is 24.0. The third kappa shape index (κ3) is 49.6. The summed E-state index contributed by atoms with van der Waals surface area (Å²) in [5.41, 5.74) is 0. The first-order valence-corrected chi connectivity index (χ1v) is 4.81. The monoisotopic (exact) mass is 247 g/mol. The molecule has 0 N–H and O–H groups in total. The van der Waals surface area contributed by atoms with Gasteiger partial charge in [0.15, 0.2) is 0 Å². The van der Waals surface area contributed by atoms with Crippen LogP contribution in [-0.4, -0.2) is 48.9 Å². The SMILES string of the molecule is CCOC(=O)CC(C)=O.CC[O-].CC[O-].[Al+2]. The summed E-state index contributed by atoms with van der Waals surface area (Å²) >= 11 is 0. The number of Topliss-reactive ketones (excluding diaryl/α,β-unsaturated/α-hetero) is 1. The van der Waals surface area contributed by atoms with E-state index >= 15 is 0 Å². The third-order valence-electron chi connectivity index (χ3n) is 0.699. The molecule has 1 radical (unpaired) electrons. The van der Waals surface area contributed by atoms with Gasteiger partial charge in [-0.2, -0.15) is 0 Å². The molecule has 0 aromatic carbocycles. The van der Waals surface area contributed by atoms with Gasteiger partial charge >= 0.3 is 23.3 Å². The van der Waals surface area contributed by atoms with E-state index in [4.69, 9.17) is 10.2 Å². The molecule has 0 fully saturated rings. The molecule has 0 saturated carbocycles. The van der Waals surface area contributed by atoms with E-state index in [1.165, 1.54) is 6.92 Å². The van der Waals surface area contributed by atoms with E-state index < -0.39 is 5.97 Å². The molecule has 0 aromatic heterocycles. The maximum Gasteiger partial charge on any atom is 2.00 e. The summed E-state index contributed by atoms with van der Waals surface area (Å²) in [5.74, 6) is -0.599. The molecule has 0 unspecified atom stereocenters. The molecule has 0 aliphatic carbocycles. The molecule has 0 aliphatic heterocycles. The largest absolute Gasteiger partial charge is 2.00 e. The van der Waals surface area contributed by atoms with Crippen molar-refractivity contribution in [1.29, 1.82) is 0 Å². The zero-order valence-corrected chi connectivity index (χ0v) is 11.6. The summed E-state index contributed by atoms with van der Waals surface area (Å²) in [6.07, 6.45) is -0.103. The molecule has 0 saturated heterocycles. The Hall–Kier alpha value is -0.408. The number of hydrogen-bond acceptors (Lipinski definition) is 5. The first-order valence-electron chi connectivity index (χ1n) is 4.81. The number of carbonyl (C=O) groups is 2. The molecule has 0 aliphatic rings. The molecule has 0 atom stereocenters. The van der Waals surface area contributed by atoms with Gasteiger partial charge in [-0.1, -0.05) is 13.8 Å². The number of hydrogen-bond donors (Lipinski definition) is 0. The van der Waals surface area contributed by atoms with Crippen LogP contribution in [-0.2, 0) is 14.3 Å². The fraction of sp³-hybridized carbons (Fsp3) is 0.800. The van der Waals surface area contributed by atoms with Crippen molar-refractivity contribution in [3.8, 4) is 0 Å². The van der Waals surface area contributed by atoms with E-state index in [2.05, 4.69) is 4.74 Å². The fourth-order valence-corrected chi connectivity index (χ4v) is 0.415. The predicted molar refractivity (Wildman–Crippen MR) is 58.8 cm³/mol. The predicted octanol–water partition coefficient (Wildman–Crippen LogP) is -1.12. The van der Waals surface area contributed by atoms with Gasteiger partial charge in [0, 0.05) is 0 Å². The molecule has 6 heteroatoms. The van der Waals surface area contributed by atoms with Crippen molar-refractivity contribution in [3.05, 3.63) is 0 Å². The topological polar surface area (TPSA) is 89.5 Å². The van der Waals surface area contributed by atoms with Crippen LogP contribution in [0.15, 0.2) is 0 Å². The maximum atomic E-state index is 10.4. The number of ether oxygens (including phenoxy) is 1. The van der Waals surface area contributed by atoms with E-state index in [0.717, 1.165) is 0 Å². The van der Waals surface area contributed by atoms with Crippen LogP contribution in [0.5, 0.6) is 0 Å². The molecule has 0 aromatic rings. The number of rotatable bonds is 3. The normalized spacial score (nSPS) is 7.12. The molecule has 93 valence electrons. The van der Waals surface area contributed by atoms with Crippen molar-refractivity contribution < 1.29 is 24.5 Å². The minimum Gasteiger partial charge on any atom is -0.855 e. The van der Waals surface area contributed by atoms with Crippen molar-refractivity contribution in [2.45, 2.75) is 34.1 Å². The van der Waals surface area contributed by atoms with Gasteiger partial charge in [-0.25, -0.2) is 0 Å². The van der Waals surface area contributed by atoms with Crippen LogP contribution < -0.4 is 10.2 Å². The maximum absolute atomic E-state index is 10.4. The Balaban J connectivity index is -0.0000000870. The van der Waals surface area contributed by atoms with Crippen molar-refractivity contribution in [1.82, 2.24) is 0 Å². The van der Waals surface area contributed by atoms with E-state index in [1.807, 2.05) is 0 Å². The molecule has 16 heavy (non-hydrogen) atoms. The van der Waals surface area contributed by atoms with E-state index in [0.29, 0.717) is 6.61 Å². The Kier molecular flexibility index (Phi) is 37.1. The zero-order chi connectivity index (χ0) is 12.7. The minimum absolute atomic E-state index is 0. The van der Waals surface area contributed by atoms with Gasteiger partial charge in [0.1, 0.15) is 12.2 Å². The van der Waals surface area contributed by atoms with E-state index in [1.54, 1.807) is 20.8 Å². The molecule has 0 amide bonds. The van der Waals surface area contributed by atoms with Gasteiger partial charge in [0.25, 0.3) is 0 Å². The molecule has 0 heterocycles. The molecular weight excluding hydrogens is 227 g/mol. The van der Waals surface area contributed by atoms with Crippen molar-refractivity contribution >= 4 is 29.1 Å². The van der Waals surface area contributed by atoms with Crippen LogP contribution in [0.4, 0.5) is 0 Å². The Bertz CT molecular complexity index is 148. The van der Waals surface area contributed by atoms with Crippen LogP contribution >= 0.6 is 0 Å². The first kappa shape index (κ1) is 24.7. The minimum atomic E-state index is -0.440. The molecule has 5 nitrogen and oxygen atoms in total. The fourth-order valence-electron chi connectivity index (χ4n) is 0.415. The van der Waals surface area contributed by atoms with Crippen LogP contribution in [0.3, 0.4) is 0 Å². The summed E-state index contributed by atoms with van der Waals surface area (Å²) < 4.78 is 4.49. The summed E-state index contributed by atoms with van der Waals surface area (Å²) in [4.78, 5) is 20.6. The zero-order valence-electron chi connectivity index (χ0n) is 10.4. The third-order valence-corrected chi connectivity index (χ3v) is 0.699. The standard InChI is InChI=1S/C6H10O3.2C2H5O.Al/c1-3-9-6(8)4-5(2)7;2*1-2-3;/h3-4H2,1-2H3;2*2H2,1H3;/q;2*-1;+2. The Morgan fingerprint density at radius 3 is 1.56 bits per heavy atom. The van der Waals surface area contributed by atoms with Gasteiger partial charge in [-0.3, -0.25) is 9.59 Å². The average molecular weight is 247 g/mol. The van der Waals surface area contributed by atoms with Crippen LogP contribution in [0.25, 0.3) is 0 Å². The van der Waals surface area contributed by atoms with Crippen LogP contribution in [0.2, 0.25) is 0 Å². The van der Waals surface area contributed by atoms with Gasteiger partial charge in [0.05, 0.1) is 6.61 Å². The number of carbonyl (C=O) groups excluding carboxylic acids is 2.